The maximum Gasteiger partial charge on any atom is 0.235 e. The molecule has 1 aromatic heterocycles. The van der Waals surface area contributed by atoms with Gasteiger partial charge in [0, 0.05) is 5.56 Å². The van der Waals surface area contributed by atoms with Crippen LogP contribution in [-0.4, -0.2) is 12.1 Å². The first-order valence-corrected chi connectivity index (χ1v) is 8.30. The Bertz CT molecular complexity index is 1040. The lowest BCUT2D eigenvalue weighted by atomic mass is 10.0. The van der Waals surface area contributed by atoms with Crippen molar-refractivity contribution in [2.24, 2.45) is 0 Å². The molecule has 0 aliphatic heterocycles. The van der Waals surface area contributed by atoms with Gasteiger partial charge in [-0.1, -0.05) is 35.9 Å². The van der Waals surface area contributed by atoms with E-state index >= 15 is 0 Å². The van der Waals surface area contributed by atoms with Gasteiger partial charge in [-0.05, 0) is 44.9 Å². The number of benzene rings is 2. The Labute approximate surface area is 150 Å². The quantitative estimate of drug-likeness (QED) is 0.722. The van der Waals surface area contributed by atoms with E-state index in [1.165, 1.54) is 6.92 Å². The second-order valence-electron chi connectivity index (χ2n) is 6.49. The summed E-state index contributed by atoms with van der Waals surface area (Å²) in [6.45, 7) is 7.01. The van der Waals surface area contributed by atoms with Crippen molar-refractivity contribution in [3.63, 3.8) is 0 Å². The third-order valence-corrected chi connectivity index (χ3v) is 4.22. The molecule has 0 fully saturated rings. The Hall–Kier alpha value is -3.08. The zero-order valence-electron chi connectivity index (χ0n) is 15.1. The van der Waals surface area contributed by atoms with Gasteiger partial charge in [0.2, 0.25) is 11.2 Å². The van der Waals surface area contributed by atoms with Crippen molar-refractivity contribution < 1.29 is 19.1 Å². The second kappa shape index (κ2) is 6.67. The number of hydrogen-bond donors (Lipinski definition) is 0. The van der Waals surface area contributed by atoms with E-state index in [0.29, 0.717) is 16.5 Å². The molecule has 5 heteroatoms. The highest BCUT2D eigenvalue weighted by atomic mass is 16.5. The number of ether oxygens (including phenoxy) is 1. The van der Waals surface area contributed by atoms with Crippen LogP contribution < -0.4 is 15.3 Å². The summed E-state index contributed by atoms with van der Waals surface area (Å²) in [5.74, 6) is -1.31. The van der Waals surface area contributed by atoms with Crippen molar-refractivity contribution in [3.05, 3.63) is 63.3 Å². The lowest BCUT2D eigenvalue weighted by Crippen LogP contribution is -2.38. The average Bonchev–Trinajstić information content (AvgIpc) is 2.58. The normalized spacial score (nSPS) is 12.2. The van der Waals surface area contributed by atoms with E-state index in [-0.39, 0.29) is 11.5 Å². The Kier molecular flexibility index (Phi) is 4.55. The molecule has 0 N–H and O–H groups in total. The van der Waals surface area contributed by atoms with Crippen molar-refractivity contribution in [1.82, 2.24) is 0 Å². The van der Waals surface area contributed by atoms with Crippen LogP contribution in [-0.2, 0) is 4.79 Å². The summed E-state index contributed by atoms with van der Waals surface area (Å²) in [7, 11) is 0. The molecule has 3 rings (SSSR count). The molecule has 5 nitrogen and oxygen atoms in total. The standard InChI is InChI=1S/C21H20O5/c1-11-5-7-15(8-6-11)19-20(25-14(4)21(23)24)17(22)16-10-12(2)9-13(3)18(16)26-19/h5-10,14H,1-4H3,(H,23,24)/p-1/t14-/m1/s1. The number of rotatable bonds is 4. The highest BCUT2D eigenvalue weighted by Crippen LogP contribution is 2.33. The predicted octanol–water partition coefficient (Wildman–Crippen LogP) is 2.90. The van der Waals surface area contributed by atoms with Gasteiger partial charge < -0.3 is 19.1 Å². The Morgan fingerprint density at radius 1 is 1.08 bits per heavy atom. The number of carbonyl (C=O) groups excluding carboxylic acids is 1. The van der Waals surface area contributed by atoms with E-state index in [9.17, 15) is 14.7 Å². The van der Waals surface area contributed by atoms with Crippen LogP contribution in [0.3, 0.4) is 0 Å². The highest BCUT2D eigenvalue weighted by molar-refractivity contribution is 5.85. The molecular weight excluding hydrogens is 332 g/mol. The van der Waals surface area contributed by atoms with Crippen LogP contribution >= 0.6 is 0 Å². The summed E-state index contributed by atoms with van der Waals surface area (Å²) < 4.78 is 11.5. The van der Waals surface area contributed by atoms with E-state index in [4.69, 9.17) is 9.15 Å². The molecule has 0 aliphatic carbocycles. The van der Waals surface area contributed by atoms with Gasteiger partial charge in [0.1, 0.15) is 11.7 Å². The van der Waals surface area contributed by atoms with Crippen molar-refractivity contribution in [3.8, 4) is 17.1 Å². The van der Waals surface area contributed by atoms with Crippen molar-refractivity contribution in [2.45, 2.75) is 33.8 Å². The van der Waals surface area contributed by atoms with Crippen LogP contribution in [0, 0.1) is 20.8 Å². The molecule has 134 valence electrons. The van der Waals surface area contributed by atoms with Gasteiger partial charge in [0.25, 0.3) is 0 Å². The molecule has 0 aliphatic rings. The average molecular weight is 351 g/mol. The molecule has 0 radical (unpaired) electrons. The summed E-state index contributed by atoms with van der Waals surface area (Å²) in [6.07, 6.45) is -1.29. The highest BCUT2D eigenvalue weighted by Gasteiger charge is 2.21. The zero-order chi connectivity index (χ0) is 19.0. The van der Waals surface area contributed by atoms with Gasteiger partial charge in [0.15, 0.2) is 5.76 Å². The van der Waals surface area contributed by atoms with Crippen LogP contribution in [0.1, 0.15) is 23.6 Å². The van der Waals surface area contributed by atoms with E-state index < -0.39 is 17.5 Å². The van der Waals surface area contributed by atoms with Crippen molar-refractivity contribution >= 4 is 16.9 Å². The lowest BCUT2D eigenvalue weighted by molar-refractivity contribution is -0.312. The first-order valence-electron chi connectivity index (χ1n) is 8.30. The molecule has 0 amide bonds. The minimum atomic E-state index is -1.40. The number of hydrogen-bond acceptors (Lipinski definition) is 5. The van der Waals surface area contributed by atoms with Gasteiger partial charge in [-0.2, -0.15) is 0 Å². The zero-order valence-corrected chi connectivity index (χ0v) is 15.1. The number of carbonyl (C=O) groups is 1. The smallest absolute Gasteiger partial charge is 0.235 e. The third-order valence-electron chi connectivity index (χ3n) is 4.22. The van der Waals surface area contributed by atoms with Crippen LogP contribution in [0.15, 0.2) is 45.6 Å². The maximum absolute atomic E-state index is 13.1. The molecule has 0 spiro atoms. The molecule has 26 heavy (non-hydrogen) atoms. The van der Waals surface area contributed by atoms with Crippen LogP contribution in [0.2, 0.25) is 0 Å². The fraction of sp³-hybridized carbons (Fsp3) is 0.238. The number of aliphatic carboxylic acids is 1. The van der Waals surface area contributed by atoms with Crippen molar-refractivity contribution in [2.75, 3.05) is 0 Å². The van der Waals surface area contributed by atoms with E-state index in [0.717, 1.165) is 16.7 Å². The fourth-order valence-electron chi connectivity index (χ4n) is 2.86. The summed E-state index contributed by atoms with van der Waals surface area (Å²) in [5, 5.41) is 11.5. The van der Waals surface area contributed by atoms with Gasteiger partial charge >= 0.3 is 0 Å². The number of fused-ring (bicyclic) bond motifs is 1. The van der Waals surface area contributed by atoms with Gasteiger partial charge in [-0.15, -0.1) is 0 Å². The van der Waals surface area contributed by atoms with Crippen LogP contribution in [0.4, 0.5) is 0 Å². The monoisotopic (exact) mass is 351 g/mol. The minimum absolute atomic E-state index is 0.122. The molecule has 1 atom stereocenters. The maximum atomic E-state index is 13.1. The lowest BCUT2D eigenvalue weighted by Gasteiger charge is -2.18. The van der Waals surface area contributed by atoms with Crippen molar-refractivity contribution in [1.29, 1.82) is 0 Å². The summed E-state index contributed by atoms with van der Waals surface area (Å²) >= 11 is 0. The summed E-state index contributed by atoms with van der Waals surface area (Å²) in [5.41, 5.74) is 3.48. The molecule has 0 saturated carbocycles. The molecule has 0 saturated heterocycles. The first-order chi connectivity index (χ1) is 12.3. The molecular formula is C21H19O5-. The topological polar surface area (TPSA) is 79.6 Å². The van der Waals surface area contributed by atoms with E-state index in [2.05, 4.69) is 0 Å². The summed E-state index contributed by atoms with van der Waals surface area (Å²) in [6, 6.07) is 11.0. The fourth-order valence-corrected chi connectivity index (χ4v) is 2.86. The van der Waals surface area contributed by atoms with Gasteiger partial charge in [-0.25, -0.2) is 0 Å². The number of carboxylic acid groups (broad SMARTS) is 1. The van der Waals surface area contributed by atoms with Crippen LogP contribution in [0.25, 0.3) is 22.3 Å². The SMILES string of the molecule is Cc1ccc(-c2oc3c(C)cc(C)cc3c(=O)c2O[C@H](C)C(=O)[O-])cc1. The molecule has 0 unspecified atom stereocenters. The number of aryl methyl sites for hydroxylation is 3. The Morgan fingerprint density at radius 2 is 1.73 bits per heavy atom. The third kappa shape index (κ3) is 3.20. The Morgan fingerprint density at radius 3 is 2.35 bits per heavy atom. The predicted molar refractivity (Wildman–Crippen MR) is 97.2 cm³/mol. The molecule has 1 heterocycles. The second-order valence-corrected chi connectivity index (χ2v) is 6.49. The molecule has 0 bridgehead atoms. The largest absolute Gasteiger partial charge is 0.546 e. The van der Waals surface area contributed by atoms with E-state index in [1.807, 2.05) is 39.0 Å². The number of carboxylic acids is 1. The molecule has 2 aromatic carbocycles. The Balaban J connectivity index is 2.34. The van der Waals surface area contributed by atoms with Gasteiger partial charge in [-0.3, -0.25) is 4.79 Å². The minimum Gasteiger partial charge on any atom is -0.546 e. The molecule has 3 aromatic rings. The van der Waals surface area contributed by atoms with Crippen LogP contribution in [0.5, 0.6) is 5.75 Å². The first kappa shape index (κ1) is 17.7. The summed E-state index contributed by atoms with van der Waals surface area (Å²) in [4.78, 5) is 24.2. The van der Waals surface area contributed by atoms with Gasteiger partial charge in [0.05, 0.1) is 11.4 Å². The van der Waals surface area contributed by atoms with E-state index in [1.54, 1.807) is 18.2 Å².